The summed E-state index contributed by atoms with van der Waals surface area (Å²) in [6.45, 7) is 0.110. The van der Waals surface area contributed by atoms with Gasteiger partial charge in [-0.25, -0.2) is 4.79 Å². The molecule has 16 nitrogen and oxygen atoms in total. The zero-order valence-electron chi connectivity index (χ0n) is 24.1. The van der Waals surface area contributed by atoms with Gasteiger partial charge < -0.3 is 29.8 Å². The van der Waals surface area contributed by atoms with Crippen LogP contribution in [0.25, 0.3) is 0 Å². The molecule has 1 aliphatic heterocycles. The van der Waals surface area contributed by atoms with Crippen molar-refractivity contribution in [1.29, 1.82) is 0 Å². The number of nitrogens with two attached hydrogens (primary N) is 1. The SMILES string of the molecule is NCCCCC(NC(CCc1ccccc1)C(=O)OCCCO[N+](=O)[O-])C(=O)N1CCC[C@H]1C(=O)OCCCO[N+](=O)[O-]. The number of likely N-dealkylation sites (tertiary alicyclic amines) is 1. The predicted molar refractivity (Wildman–Crippen MR) is 150 cm³/mol. The molecule has 1 saturated heterocycles. The van der Waals surface area contributed by atoms with Crippen molar-refractivity contribution in [3.63, 3.8) is 0 Å². The lowest BCUT2D eigenvalue weighted by Gasteiger charge is -2.30. The van der Waals surface area contributed by atoms with Gasteiger partial charge >= 0.3 is 11.9 Å². The highest BCUT2D eigenvalue weighted by atomic mass is 17.0. The number of hydrogen-bond donors (Lipinski definition) is 2. The van der Waals surface area contributed by atoms with Crippen molar-refractivity contribution < 1.29 is 43.7 Å². The summed E-state index contributed by atoms with van der Waals surface area (Å²) in [4.78, 5) is 70.3. The lowest BCUT2D eigenvalue weighted by molar-refractivity contribution is -0.757. The van der Waals surface area contributed by atoms with E-state index in [2.05, 4.69) is 15.0 Å². The number of rotatable bonds is 22. The van der Waals surface area contributed by atoms with Crippen LogP contribution in [-0.2, 0) is 40.0 Å². The van der Waals surface area contributed by atoms with Gasteiger partial charge in [0.2, 0.25) is 5.91 Å². The highest BCUT2D eigenvalue weighted by Gasteiger charge is 2.39. The molecule has 0 saturated carbocycles. The fraction of sp³-hybridized carbons (Fsp3) is 0.667. The number of carbonyl (C=O) groups is 3. The molecule has 0 spiro atoms. The van der Waals surface area contributed by atoms with Gasteiger partial charge in [-0.3, -0.25) is 14.9 Å². The molecular weight excluding hydrogens is 570 g/mol. The highest BCUT2D eigenvalue weighted by molar-refractivity contribution is 5.89. The van der Waals surface area contributed by atoms with E-state index < -0.39 is 40.2 Å². The summed E-state index contributed by atoms with van der Waals surface area (Å²) in [5, 5.41) is 22.0. The zero-order chi connectivity index (χ0) is 31.5. The Balaban J connectivity index is 2.10. The molecule has 1 aromatic rings. The van der Waals surface area contributed by atoms with Crippen molar-refractivity contribution >= 4 is 17.8 Å². The van der Waals surface area contributed by atoms with Gasteiger partial charge in [-0.1, -0.05) is 36.8 Å². The lowest BCUT2D eigenvalue weighted by atomic mass is 10.0. The molecule has 1 heterocycles. The molecule has 2 unspecified atom stereocenters. The van der Waals surface area contributed by atoms with Gasteiger partial charge in [0.05, 0.1) is 32.5 Å². The number of benzene rings is 1. The average Bonchev–Trinajstić information content (AvgIpc) is 3.48. The Hall–Kier alpha value is -4.05. The number of ether oxygens (including phenoxy) is 2. The number of carbonyl (C=O) groups excluding carboxylic acids is 3. The quantitative estimate of drug-likeness (QED) is 0.0820. The molecule has 3 atom stereocenters. The molecule has 1 aliphatic rings. The summed E-state index contributed by atoms with van der Waals surface area (Å²) in [6.07, 6.45) is 3.66. The fourth-order valence-corrected chi connectivity index (χ4v) is 4.65. The Bertz CT molecular complexity index is 1030. The minimum absolute atomic E-state index is 0.0938. The van der Waals surface area contributed by atoms with E-state index in [1.165, 1.54) is 4.90 Å². The number of nitrogens with one attached hydrogen (secondary N) is 1. The first-order valence-electron chi connectivity index (χ1n) is 14.4. The van der Waals surface area contributed by atoms with E-state index in [1.807, 2.05) is 30.3 Å². The zero-order valence-corrected chi connectivity index (χ0v) is 24.1. The Morgan fingerprint density at radius 1 is 0.907 bits per heavy atom. The van der Waals surface area contributed by atoms with Crippen LogP contribution in [0.3, 0.4) is 0 Å². The van der Waals surface area contributed by atoms with Gasteiger partial charge in [-0.2, -0.15) is 0 Å². The summed E-state index contributed by atoms with van der Waals surface area (Å²) in [5.41, 5.74) is 6.65. The first kappa shape index (κ1) is 35.1. The summed E-state index contributed by atoms with van der Waals surface area (Å²) >= 11 is 0. The molecule has 0 bridgehead atoms. The molecule has 2 rings (SSSR count). The minimum atomic E-state index is -0.926. The minimum Gasteiger partial charge on any atom is -0.464 e. The van der Waals surface area contributed by atoms with Gasteiger partial charge in [0, 0.05) is 19.4 Å². The molecule has 1 amide bonds. The van der Waals surface area contributed by atoms with Gasteiger partial charge in [0.1, 0.15) is 12.1 Å². The van der Waals surface area contributed by atoms with Crippen LogP contribution < -0.4 is 11.1 Å². The van der Waals surface area contributed by atoms with E-state index in [0.29, 0.717) is 58.0 Å². The summed E-state index contributed by atoms with van der Waals surface area (Å²) < 4.78 is 10.6. The van der Waals surface area contributed by atoms with Crippen LogP contribution >= 0.6 is 0 Å². The third-order valence-corrected chi connectivity index (χ3v) is 6.76. The van der Waals surface area contributed by atoms with E-state index in [0.717, 1.165) is 5.56 Å². The number of unbranched alkanes of at least 4 members (excludes halogenated alkanes) is 1. The van der Waals surface area contributed by atoms with E-state index in [4.69, 9.17) is 15.2 Å². The summed E-state index contributed by atoms with van der Waals surface area (Å²) in [6, 6.07) is 6.97. The largest absolute Gasteiger partial charge is 0.464 e. The number of hydrogen-bond acceptors (Lipinski definition) is 13. The summed E-state index contributed by atoms with van der Waals surface area (Å²) in [5.74, 6) is -1.57. The van der Waals surface area contributed by atoms with Crippen molar-refractivity contribution in [3.8, 4) is 0 Å². The van der Waals surface area contributed by atoms with Crippen LogP contribution in [0.5, 0.6) is 0 Å². The van der Waals surface area contributed by atoms with Crippen molar-refractivity contribution in [2.45, 2.75) is 75.9 Å². The van der Waals surface area contributed by atoms with Crippen LogP contribution in [0, 0.1) is 20.2 Å². The predicted octanol–water partition coefficient (Wildman–Crippen LogP) is 1.35. The molecule has 0 radical (unpaired) electrons. The first-order valence-corrected chi connectivity index (χ1v) is 14.4. The molecule has 1 fully saturated rings. The van der Waals surface area contributed by atoms with E-state index in [-0.39, 0.29) is 45.2 Å². The van der Waals surface area contributed by atoms with Gasteiger partial charge in [0.15, 0.2) is 0 Å². The Morgan fingerprint density at radius 3 is 2.19 bits per heavy atom. The molecule has 240 valence electrons. The maximum absolute atomic E-state index is 13.8. The van der Waals surface area contributed by atoms with Crippen LogP contribution in [0.1, 0.15) is 56.9 Å². The van der Waals surface area contributed by atoms with Crippen LogP contribution in [0.2, 0.25) is 0 Å². The fourth-order valence-electron chi connectivity index (χ4n) is 4.65. The van der Waals surface area contributed by atoms with Crippen molar-refractivity contribution in [2.75, 3.05) is 39.5 Å². The van der Waals surface area contributed by atoms with Crippen molar-refractivity contribution in [2.24, 2.45) is 5.73 Å². The molecular formula is C27H41N5O11. The van der Waals surface area contributed by atoms with E-state index in [1.54, 1.807) is 0 Å². The molecule has 1 aromatic carbocycles. The monoisotopic (exact) mass is 611 g/mol. The smallest absolute Gasteiger partial charge is 0.328 e. The van der Waals surface area contributed by atoms with Gasteiger partial charge in [0.25, 0.3) is 10.2 Å². The van der Waals surface area contributed by atoms with Crippen LogP contribution in [-0.4, -0.2) is 90.6 Å². The maximum atomic E-state index is 13.8. The first-order chi connectivity index (χ1) is 20.7. The standard InChI is InChI=1S/C27H41N5O11/c28-15-5-4-11-22(25(33)30-16-6-12-24(30)27(35)41-18-8-20-43-32(38)39)29-23(14-13-21-9-2-1-3-10-21)26(34)40-17-7-19-42-31(36)37/h1-3,9-10,22-24,29H,4-8,11-20,28H2/t22?,23?,24-/m0/s1. The Morgan fingerprint density at radius 2 is 1.56 bits per heavy atom. The van der Waals surface area contributed by atoms with Crippen LogP contribution in [0.4, 0.5) is 0 Å². The average molecular weight is 612 g/mol. The summed E-state index contributed by atoms with van der Waals surface area (Å²) in [7, 11) is 0. The second kappa shape index (κ2) is 20.0. The van der Waals surface area contributed by atoms with E-state index >= 15 is 0 Å². The van der Waals surface area contributed by atoms with Gasteiger partial charge in [-0.15, -0.1) is 20.2 Å². The molecule has 0 aliphatic carbocycles. The number of aryl methyl sites for hydroxylation is 1. The second-order valence-corrected chi connectivity index (χ2v) is 9.93. The maximum Gasteiger partial charge on any atom is 0.328 e. The van der Waals surface area contributed by atoms with E-state index in [9.17, 15) is 34.6 Å². The normalized spacial score (nSPS) is 15.7. The van der Waals surface area contributed by atoms with Crippen molar-refractivity contribution in [3.05, 3.63) is 56.1 Å². The number of esters is 2. The van der Waals surface area contributed by atoms with Crippen LogP contribution in [0.15, 0.2) is 30.3 Å². The third kappa shape index (κ3) is 13.6. The lowest BCUT2D eigenvalue weighted by Crippen LogP contribution is -2.54. The van der Waals surface area contributed by atoms with Gasteiger partial charge in [-0.05, 0) is 50.6 Å². The molecule has 3 N–H and O–H groups in total. The highest BCUT2D eigenvalue weighted by Crippen LogP contribution is 2.22. The topological polar surface area (TPSA) is 216 Å². The van der Waals surface area contributed by atoms with Crippen molar-refractivity contribution in [1.82, 2.24) is 10.2 Å². The molecule has 0 aromatic heterocycles. The molecule has 43 heavy (non-hydrogen) atoms. The Kier molecular flexibility index (Phi) is 16.3. The second-order valence-electron chi connectivity index (χ2n) is 9.93. The number of amides is 1. The molecule has 16 heteroatoms. The number of nitrogens with zero attached hydrogens (tertiary/aromatic N) is 3. The third-order valence-electron chi connectivity index (χ3n) is 6.76. The Labute approximate surface area is 249 Å².